The van der Waals surface area contributed by atoms with Gasteiger partial charge in [0.25, 0.3) is 5.91 Å². The maximum Gasteiger partial charge on any atom is 0.274 e. The zero-order chi connectivity index (χ0) is 17.4. The molecule has 0 saturated carbocycles. The van der Waals surface area contributed by atoms with Crippen LogP contribution in [0.2, 0.25) is 0 Å². The Labute approximate surface area is 136 Å². The van der Waals surface area contributed by atoms with E-state index in [1.807, 2.05) is 13.8 Å². The number of hydrogen-bond donors (Lipinski definition) is 2. The van der Waals surface area contributed by atoms with E-state index in [2.05, 4.69) is 10.2 Å². The highest BCUT2D eigenvalue weighted by molar-refractivity contribution is 7.89. The number of carbonyl (C=O) groups excluding carboxylic acids is 1. The number of likely N-dealkylation sites (tertiary alicyclic amines) is 1. The number of rotatable bonds is 5. The van der Waals surface area contributed by atoms with Crippen LogP contribution in [0.15, 0.2) is 0 Å². The summed E-state index contributed by atoms with van der Waals surface area (Å²) in [6, 6.07) is 0. The van der Waals surface area contributed by atoms with E-state index in [0.717, 1.165) is 22.0 Å². The lowest BCUT2D eigenvalue weighted by molar-refractivity contribution is 0.0758. The minimum Gasteiger partial charge on any atom is -0.391 e. The van der Waals surface area contributed by atoms with Crippen molar-refractivity contribution in [1.82, 2.24) is 19.4 Å². The van der Waals surface area contributed by atoms with Crippen LogP contribution in [0.25, 0.3) is 0 Å². The average molecular weight is 344 g/mol. The van der Waals surface area contributed by atoms with Crippen molar-refractivity contribution < 1.29 is 18.3 Å². The molecule has 23 heavy (non-hydrogen) atoms. The van der Waals surface area contributed by atoms with Gasteiger partial charge in [0.2, 0.25) is 10.0 Å². The number of aliphatic hydroxyl groups is 1. The van der Waals surface area contributed by atoms with Crippen LogP contribution >= 0.6 is 0 Å². The molecule has 1 aromatic heterocycles. The molecule has 0 aliphatic carbocycles. The van der Waals surface area contributed by atoms with E-state index in [1.165, 1.54) is 19.0 Å². The number of sulfonamides is 1. The number of amides is 1. The molecule has 1 aliphatic rings. The molecular weight excluding hydrogens is 320 g/mol. The minimum absolute atomic E-state index is 0.125. The summed E-state index contributed by atoms with van der Waals surface area (Å²) in [5, 5.41) is 17.0. The molecule has 9 heteroatoms. The van der Waals surface area contributed by atoms with Crippen molar-refractivity contribution in [3.8, 4) is 0 Å². The van der Waals surface area contributed by atoms with Gasteiger partial charge in [0, 0.05) is 44.4 Å². The van der Waals surface area contributed by atoms with Crippen LogP contribution in [0.1, 0.15) is 28.7 Å². The number of aliphatic hydroxyl groups excluding tert-OH is 1. The van der Waals surface area contributed by atoms with E-state index in [-0.39, 0.29) is 24.7 Å². The Morgan fingerprint density at radius 1 is 1.43 bits per heavy atom. The molecule has 1 fully saturated rings. The molecule has 0 spiro atoms. The molecule has 0 aromatic carbocycles. The zero-order valence-corrected chi connectivity index (χ0v) is 14.7. The number of carbonyl (C=O) groups is 1. The minimum atomic E-state index is -3.42. The fraction of sp³-hybridized carbons (Fsp3) is 0.714. The van der Waals surface area contributed by atoms with Crippen molar-refractivity contribution >= 4 is 15.9 Å². The number of β-amino-alcohol motifs (C(OH)–C–C–N with tert-alkyl or cyclic N) is 1. The molecule has 2 heterocycles. The fourth-order valence-electron chi connectivity index (χ4n) is 2.74. The van der Waals surface area contributed by atoms with Gasteiger partial charge in [-0.15, -0.1) is 0 Å². The number of aryl methyl sites for hydroxylation is 1. The summed E-state index contributed by atoms with van der Waals surface area (Å²) in [6.07, 6.45) is -0.100. The fourth-order valence-corrected chi connectivity index (χ4v) is 3.91. The molecule has 0 unspecified atom stereocenters. The quantitative estimate of drug-likeness (QED) is 0.756. The Bertz CT molecular complexity index is 683. The summed E-state index contributed by atoms with van der Waals surface area (Å²) in [4.78, 5) is 14.0. The molecule has 1 amide bonds. The molecule has 1 aliphatic heterocycles. The molecule has 1 saturated heterocycles. The van der Waals surface area contributed by atoms with E-state index < -0.39 is 22.0 Å². The average Bonchev–Trinajstić information content (AvgIpc) is 3.01. The molecule has 8 nitrogen and oxygen atoms in total. The van der Waals surface area contributed by atoms with Gasteiger partial charge in [0.1, 0.15) is 0 Å². The van der Waals surface area contributed by atoms with Gasteiger partial charge in [0.15, 0.2) is 5.69 Å². The van der Waals surface area contributed by atoms with Gasteiger partial charge in [-0.2, -0.15) is 5.10 Å². The molecule has 2 rings (SSSR count). The lowest BCUT2D eigenvalue weighted by atomic mass is 10.1. The van der Waals surface area contributed by atoms with Crippen molar-refractivity contribution in [3.63, 3.8) is 0 Å². The van der Waals surface area contributed by atoms with Gasteiger partial charge in [0.05, 0.1) is 11.9 Å². The Kier molecular flexibility index (Phi) is 5.12. The van der Waals surface area contributed by atoms with E-state index in [4.69, 9.17) is 0 Å². The van der Waals surface area contributed by atoms with Crippen molar-refractivity contribution in [2.75, 3.05) is 32.9 Å². The summed E-state index contributed by atoms with van der Waals surface area (Å²) < 4.78 is 25.1. The second-order valence-electron chi connectivity index (χ2n) is 6.13. The molecule has 130 valence electrons. The zero-order valence-electron chi connectivity index (χ0n) is 13.9. The normalized spacial score (nSPS) is 22.1. The molecule has 1 aromatic rings. The Hall–Kier alpha value is -1.45. The highest BCUT2D eigenvalue weighted by Gasteiger charge is 2.38. The van der Waals surface area contributed by atoms with Gasteiger partial charge in [-0.05, 0) is 13.3 Å². The van der Waals surface area contributed by atoms with Gasteiger partial charge >= 0.3 is 0 Å². The molecule has 2 atom stereocenters. The first-order valence-corrected chi connectivity index (χ1v) is 9.19. The van der Waals surface area contributed by atoms with E-state index in [9.17, 15) is 18.3 Å². The van der Waals surface area contributed by atoms with Gasteiger partial charge in [-0.25, -0.2) is 12.7 Å². The van der Waals surface area contributed by atoms with Crippen LogP contribution in [-0.2, 0) is 16.4 Å². The topological polar surface area (TPSA) is 107 Å². The van der Waals surface area contributed by atoms with Crippen LogP contribution in [0, 0.1) is 12.8 Å². The van der Waals surface area contributed by atoms with Crippen LogP contribution in [0.5, 0.6) is 0 Å². The van der Waals surface area contributed by atoms with E-state index in [0.29, 0.717) is 5.69 Å². The third kappa shape index (κ3) is 3.56. The smallest absolute Gasteiger partial charge is 0.274 e. The van der Waals surface area contributed by atoms with Crippen molar-refractivity contribution in [2.24, 2.45) is 5.92 Å². The van der Waals surface area contributed by atoms with Crippen LogP contribution in [0.4, 0.5) is 0 Å². The predicted molar refractivity (Wildman–Crippen MR) is 85.6 cm³/mol. The summed E-state index contributed by atoms with van der Waals surface area (Å²) in [5.41, 5.74) is 2.04. The Morgan fingerprint density at radius 3 is 2.61 bits per heavy atom. The third-order valence-corrected chi connectivity index (χ3v) is 6.30. The van der Waals surface area contributed by atoms with Crippen molar-refractivity contribution in [3.05, 3.63) is 17.0 Å². The number of aromatic nitrogens is 2. The van der Waals surface area contributed by atoms with E-state index >= 15 is 0 Å². The first kappa shape index (κ1) is 17.9. The summed E-state index contributed by atoms with van der Waals surface area (Å²) >= 11 is 0. The predicted octanol–water partition coefficient (Wildman–Crippen LogP) is -0.395. The second-order valence-corrected chi connectivity index (χ2v) is 8.36. The second kappa shape index (κ2) is 6.58. The Morgan fingerprint density at radius 2 is 2.09 bits per heavy atom. The van der Waals surface area contributed by atoms with Crippen molar-refractivity contribution in [1.29, 1.82) is 0 Å². The summed E-state index contributed by atoms with van der Waals surface area (Å²) in [5.74, 6) is -0.941. The van der Waals surface area contributed by atoms with Crippen molar-refractivity contribution in [2.45, 2.75) is 26.4 Å². The number of hydrogen-bond acceptors (Lipinski definition) is 5. The highest BCUT2D eigenvalue weighted by atomic mass is 32.2. The van der Waals surface area contributed by atoms with Gasteiger partial charge in [-0.3, -0.25) is 9.89 Å². The Balaban J connectivity index is 2.11. The molecular formula is C14H24N4O4S. The van der Waals surface area contributed by atoms with Crippen LogP contribution < -0.4 is 0 Å². The highest BCUT2D eigenvalue weighted by Crippen LogP contribution is 2.22. The van der Waals surface area contributed by atoms with Gasteiger partial charge in [-0.1, -0.05) is 6.92 Å². The molecule has 0 bridgehead atoms. The van der Waals surface area contributed by atoms with Crippen LogP contribution in [0.3, 0.4) is 0 Å². The number of nitrogens with zero attached hydrogens (tertiary/aromatic N) is 3. The standard InChI is InChI=1S/C14H24N4O4S/c1-5-11-9(2)13(16-15-11)14(20)18-6-10(12(19)7-18)8-23(21,22)17(3)4/h10,12,19H,5-8H2,1-4H3,(H,15,16)/t10-,12+/m0/s1. The SMILES string of the molecule is CCc1[nH]nc(C(=O)N2C[C@@H](CS(=O)(=O)N(C)C)[C@H](O)C2)c1C. The number of aromatic amines is 1. The molecule has 0 radical (unpaired) electrons. The first-order chi connectivity index (χ1) is 10.7. The monoisotopic (exact) mass is 344 g/mol. The number of nitrogens with one attached hydrogen (secondary N) is 1. The first-order valence-electron chi connectivity index (χ1n) is 7.58. The van der Waals surface area contributed by atoms with E-state index in [1.54, 1.807) is 0 Å². The maximum atomic E-state index is 12.6. The molecule has 2 N–H and O–H groups in total. The summed E-state index contributed by atoms with van der Waals surface area (Å²) in [6.45, 7) is 4.13. The lowest BCUT2D eigenvalue weighted by Gasteiger charge is -2.17. The maximum absolute atomic E-state index is 12.6. The third-order valence-electron chi connectivity index (χ3n) is 4.34. The summed E-state index contributed by atoms with van der Waals surface area (Å²) in [7, 11) is -0.508. The lowest BCUT2D eigenvalue weighted by Crippen LogP contribution is -2.33. The van der Waals surface area contributed by atoms with Gasteiger partial charge < -0.3 is 10.0 Å². The largest absolute Gasteiger partial charge is 0.391 e. The number of H-pyrrole nitrogens is 1. The van der Waals surface area contributed by atoms with Crippen LogP contribution in [-0.4, -0.2) is 77.9 Å².